The Morgan fingerprint density at radius 1 is 1.17 bits per heavy atom. The molecule has 0 fully saturated rings. The van der Waals surface area contributed by atoms with Crippen LogP contribution in [0, 0.1) is 0 Å². The van der Waals surface area contributed by atoms with Gasteiger partial charge in [-0.05, 0) is 6.07 Å². The Balaban J connectivity index is 2.79. The molecule has 0 radical (unpaired) electrons. The van der Waals surface area contributed by atoms with Gasteiger partial charge in [0, 0.05) is 17.7 Å². The van der Waals surface area contributed by atoms with Crippen LogP contribution >= 0.6 is 0 Å². The van der Waals surface area contributed by atoms with Crippen molar-refractivity contribution in [1.29, 1.82) is 0 Å². The van der Waals surface area contributed by atoms with Gasteiger partial charge >= 0.3 is 11.9 Å². The number of hydrogen-bond donors (Lipinski definition) is 2. The van der Waals surface area contributed by atoms with Gasteiger partial charge in [0.1, 0.15) is 17.1 Å². The summed E-state index contributed by atoms with van der Waals surface area (Å²) in [5.41, 5.74) is -0.301. The summed E-state index contributed by atoms with van der Waals surface area (Å²) >= 11 is 0. The monoisotopic (exact) mass is 246 g/mol. The number of carboxylic acid groups (broad SMARTS) is 1. The first-order valence-corrected chi connectivity index (χ1v) is 5.17. The minimum Gasteiger partial charge on any atom is -0.506 e. The zero-order valence-electron chi connectivity index (χ0n) is 9.51. The quantitative estimate of drug-likeness (QED) is 0.626. The van der Waals surface area contributed by atoms with Crippen LogP contribution in [0.15, 0.2) is 30.3 Å². The molecule has 0 aliphatic rings. The number of carbonyl (C=O) groups excluding carboxylic acids is 1. The van der Waals surface area contributed by atoms with Crippen LogP contribution in [0.5, 0.6) is 11.5 Å². The van der Waals surface area contributed by atoms with Gasteiger partial charge in [-0.1, -0.05) is 24.3 Å². The fourth-order valence-electron chi connectivity index (χ4n) is 1.73. The smallest absolute Gasteiger partial charge is 0.339 e. The zero-order valence-corrected chi connectivity index (χ0v) is 9.51. The third-order valence-corrected chi connectivity index (χ3v) is 2.46. The fourth-order valence-corrected chi connectivity index (χ4v) is 1.73. The van der Waals surface area contributed by atoms with Gasteiger partial charge in [-0.15, -0.1) is 0 Å². The van der Waals surface area contributed by atoms with E-state index in [4.69, 9.17) is 9.84 Å². The second-order valence-electron chi connectivity index (χ2n) is 3.72. The highest BCUT2D eigenvalue weighted by molar-refractivity contribution is 6.03. The number of carbonyl (C=O) groups is 2. The maximum atomic E-state index is 11.0. The van der Waals surface area contributed by atoms with E-state index in [1.165, 1.54) is 6.92 Å². The van der Waals surface area contributed by atoms with Crippen LogP contribution in [-0.2, 0) is 4.79 Å². The van der Waals surface area contributed by atoms with Crippen molar-refractivity contribution in [3.8, 4) is 11.5 Å². The van der Waals surface area contributed by atoms with Gasteiger partial charge in [-0.3, -0.25) is 4.79 Å². The number of hydrogen-bond acceptors (Lipinski definition) is 4. The van der Waals surface area contributed by atoms with Crippen molar-refractivity contribution in [2.45, 2.75) is 6.92 Å². The van der Waals surface area contributed by atoms with Crippen molar-refractivity contribution in [3.63, 3.8) is 0 Å². The fraction of sp³-hybridized carbons (Fsp3) is 0.0769. The molecule has 0 saturated carbocycles. The van der Waals surface area contributed by atoms with E-state index < -0.39 is 11.9 Å². The van der Waals surface area contributed by atoms with Gasteiger partial charge in [0.2, 0.25) is 0 Å². The highest BCUT2D eigenvalue weighted by atomic mass is 16.5. The Morgan fingerprint density at radius 2 is 1.78 bits per heavy atom. The van der Waals surface area contributed by atoms with Crippen LogP contribution in [0.3, 0.4) is 0 Å². The van der Waals surface area contributed by atoms with E-state index in [9.17, 15) is 14.7 Å². The Morgan fingerprint density at radius 3 is 2.33 bits per heavy atom. The van der Waals surface area contributed by atoms with E-state index in [0.29, 0.717) is 10.8 Å². The van der Waals surface area contributed by atoms with Gasteiger partial charge in [0.15, 0.2) is 0 Å². The number of carboxylic acids is 1. The standard InChI is InChI=1S/C13H10O5/c1-7(14)18-11-6-10(13(16)17)12(15)9-5-3-2-4-8(9)11/h2-6,15H,1H3,(H,16,17). The number of aromatic hydroxyl groups is 1. The number of phenols is 1. The molecule has 0 saturated heterocycles. The number of aromatic carboxylic acids is 1. The predicted molar refractivity (Wildman–Crippen MR) is 63.9 cm³/mol. The van der Waals surface area contributed by atoms with Crippen molar-refractivity contribution in [2.24, 2.45) is 0 Å². The van der Waals surface area contributed by atoms with Gasteiger partial charge in [-0.25, -0.2) is 4.79 Å². The minimum absolute atomic E-state index is 0.119. The molecule has 0 unspecified atom stereocenters. The van der Waals surface area contributed by atoms with Gasteiger partial charge in [-0.2, -0.15) is 0 Å². The summed E-state index contributed by atoms with van der Waals surface area (Å²) in [5, 5.41) is 19.6. The molecule has 2 rings (SSSR count). The third-order valence-electron chi connectivity index (χ3n) is 2.46. The van der Waals surface area contributed by atoms with Crippen LogP contribution in [0.1, 0.15) is 17.3 Å². The van der Waals surface area contributed by atoms with E-state index in [-0.39, 0.29) is 17.1 Å². The summed E-state index contributed by atoms with van der Waals surface area (Å²) in [7, 11) is 0. The van der Waals surface area contributed by atoms with E-state index in [1.54, 1.807) is 24.3 Å². The lowest BCUT2D eigenvalue weighted by Gasteiger charge is -2.10. The molecule has 5 nitrogen and oxygen atoms in total. The van der Waals surface area contributed by atoms with Crippen LogP contribution < -0.4 is 4.74 Å². The highest BCUT2D eigenvalue weighted by Gasteiger charge is 2.17. The predicted octanol–water partition coefficient (Wildman–Crippen LogP) is 2.17. The number of fused-ring (bicyclic) bond motifs is 1. The Bertz CT molecular complexity index is 645. The molecule has 0 bridgehead atoms. The molecule has 2 aromatic rings. The molecule has 92 valence electrons. The molecule has 0 atom stereocenters. The molecule has 0 spiro atoms. The average Bonchev–Trinajstić information content (AvgIpc) is 2.32. The van der Waals surface area contributed by atoms with E-state index in [0.717, 1.165) is 6.07 Å². The molecule has 18 heavy (non-hydrogen) atoms. The molecule has 0 aliphatic heterocycles. The second-order valence-corrected chi connectivity index (χ2v) is 3.72. The largest absolute Gasteiger partial charge is 0.506 e. The van der Waals surface area contributed by atoms with E-state index >= 15 is 0 Å². The first-order valence-electron chi connectivity index (χ1n) is 5.17. The average molecular weight is 246 g/mol. The Labute approximate surface area is 102 Å². The minimum atomic E-state index is -1.29. The first-order chi connectivity index (χ1) is 8.50. The Hall–Kier alpha value is -2.56. The van der Waals surface area contributed by atoms with Crippen LogP contribution in [0.4, 0.5) is 0 Å². The molecule has 0 amide bonds. The summed E-state index contributed by atoms with van der Waals surface area (Å²) in [6, 6.07) is 7.70. The maximum absolute atomic E-state index is 11.0. The molecule has 0 aromatic heterocycles. The van der Waals surface area contributed by atoms with Crippen molar-refractivity contribution in [3.05, 3.63) is 35.9 Å². The summed E-state index contributed by atoms with van der Waals surface area (Å²) in [4.78, 5) is 22.0. The van der Waals surface area contributed by atoms with Crippen LogP contribution in [0.2, 0.25) is 0 Å². The summed E-state index contributed by atoms with van der Waals surface area (Å²) in [6.07, 6.45) is 0. The normalized spacial score (nSPS) is 10.3. The van der Waals surface area contributed by atoms with Crippen molar-refractivity contribution in [1.82, 2.24) is 0 Å². The summed E-state index contributed by atoms with van der Waals surface area (Å²) in [5.74, 6) is -2.06. The summed E-state index contributed by atoms with van der Waals surface area (Å²) < 4.78 is 4.96. The maximum Gasteiger partial charge on any atom is 0.339 e. The van der Waals surface area contributed by atoms with E-state index in [2.05, 4.69) is 0 Å². The lowest BCUT2D eigenvalue weighted by molar-refractivity contribution is -0.131. The zero-order chi connectivity index (χ0) is 13.3. The second kappa shape index (κ2) is 4.37. The first kappa shape index (κ1) is 11.9. The highest BCUT2D eigenvalue weighted by Crippen LogP contribution is 2.35. The molecular formula is C13H10O5. The molecule has 0 aliphatic carbocycles. The molecule has 2 N–H and O–H groups in total. The van der Waals surface area contributed by atoms with Gasteiger partial charge in [0.05, 0.1) is 0 Å². The Kier molecular flexibility index (Phi) is 2.89. The van der Waals surface area contributed by atoms with E-state index in [1.807, 2.05) is 0 Å². The number of benzene rings is 2. The SMILES string of the molecule is CC(=O)Oc1cc(C(=O)O)c(O)c2ccccc12. The van der Waals surface area contributed by atoms with Crippen molar-refractivity contribution in [2.75, 3.05) is 0 Å². The van der Waals surface area contributed by atoms with Crippen LogP contribution in [-0.4, -0.2) is 22.2 Å². The topological polar surface area (TPSA) is 83.8 Å². The summed E-state index contributed by atoms with van der Waals surface area (Å²) in [6.45, 7) is 1.22. The number of esters is 1. The molecule has 2 aromatic carbocycles. The van der Waals surface area contributed by atoms with Crippen molar-refractivity contribution >= 4 is 22.7 Å². The number of ether oxygens (including phenoxy) is 1. The lowest BCUT2D eigenvalue weighted by atomic mass is 10.0. The van der Waals surface area contributed by atoms with Gasteiger partial charge < -0.3 is 14.9 Å². The van der Waals surface area contributed by atoms with Crippen molar-refractivity contribution < 1.29 is 24.5 Å². The van der Waals surface area contributed by atoms with Gasteiger partial charge in [0.25, 0.3) is 0 Å². The third kappa shape index (κ3) is 1.98. The molecule has 0 heterocycles. The lowest BCUT2D eigenvalue weighted by Crippen LogP contribution is -2.04. The molecule has 5 heteroatoms. The van der Waals surface area contributed by atoms with Crippen LogP contribution in [0.25, 0.3) is 10.8 Å². The molecular weight excluding hydrogens is 236 g/mol. The number of rotatable bonds is 2.